The third-order valence-corrected chi connectivity index (χ3v) is 6.10. The van der Waals surface area contributed by atoms with Gasteiger partial charge in [0.2, 0.25) is 17.7 Å². The molecule has 0 saturated carbocycles. The molecule has 31 heavy (non-hydrogen) atoms. The quantitative estimate of drug-likeness (QED) is 0.643. The average Bonchev–Trinajstić information content (AvgIpc) is 3.27. The summed E-state index contributed by atoms with van der Waals surface area (Å²) in [6, 6.07) is 9.75. The van der Waals surface area contributed by atoms with Crippen LogP contribution < -0.4 is 5.69 Å². The highest BCUT2D eigenvalue weighted by atomic mass is 16.2. The Hall–Kier alpha value is -3.23. The Labute approximate surface area is 180 Å². The minimum atomic E-state index is -0.274. The number of likely N-dealkylation sites (tertiary alicyclic amines) is 2. The molecular formula is C22H27N5O4. The van der Waals surface area contributed by atoms with E-state index in [0.29, 0.717) is 39.0 Å². The summed E-state index contributed by atoms with van der Waals surface area (Å²) in [5.41, 5.74) is 0.897. The van der Waals surface area contributed by atoms with E-state index in [1.807, 2.05) is 37.3 Å². The minimum absolute atomic E-state index is 0.0868. The molecule has 2 fully saturated rings. The van der Waals surface area contributed by atoms with Crippen LogP contribution >= 0.6 is 0 Å². The fraction of sp³-hybridized carbons (Fsp3) is 0.500. The number of carbonyl (C=O) groups is 3. The molecule has 9 heteroatoms. The Morgan fingerprint density at radius 1 is 1.03 bits per heavy atom. The maximum atomic E-state index is 12.8. The van der Waals surface area contributed by atoms with Gasteiger partial charge in [-0.3, -0.25) is 23.9 Å². The standard InChI is InChI=1S/C22H27N5O4/c1-2-25-21(23-27(22(25)31)14-16-6-4-3-5-7-16)17-10-12-24(13-11-17)20(30)15-26-18(28)8-9-19(26)29/h3-7,17H,2,8-15H2,1H3. The van der Waals surface area contributed by atoms with Gasteiger partial charge in [0.05, 0.1) is 6.54 Å². The molecule has 0 bridgehead atoms. The molecule has 0 N–H and O–H groups in total. The predicted octanol–water partition coefficient (Wildman–Crippen LogP) is 0.968. The highest BCUT2D eigenvalue weighted by molar-refractivity contribution is 6.04. The zero-order chi connectivity index (χ0) is 22.0. The first-order chi connectivity index (χ1) is 15.0. The van der Waals surface area contributed by atoms with E-state index in [1.165, 1.54) is 4.68 Å². The number of nitrogens with zero attached hydrogens (tertiary/aromatic N) is 5. The molecule has 0 atom stereocenters. The molecule has 4 rings (SSSR count). The van der Waals surface area contributed by atoms with Crippen molar-refractivity contribution in [1.82, 2.24) is 24.1 Å². The summed E-state index contributed by atoms with van der Waals surface area (Å²) in [6.45, 7) is 3.76. The summed E-state index contributed by atoms with van der Waals surface area (Å²) >= 11 is 0. The van der Waals surface area contributed by atoms with Crippen LogP contribution in [0.3, 0.4) is 0 Å². The minimum Gasteiger partial charge on any atom is -0.341 e. The lowest BCUT2D eigenvalue weighted by molar-refractivity contribution is -0.145. The first-order valence-corrected chi connectivity index (χ1v) is 10.8. The monoisotopic (exact) mass is 425 g/mol. The lowest BCUT2D eigenvalue weighted by Crippen LogP contribution is -2.45. The van der Waals surface area contributed by atoms with Crippen molar-refractivity contribution in [2.24, 2.45) is 0 Å². The topological polar surface area (TPSA) is 97.5 Å². The molecule has 2 aliphatic rings. The summed E-state index contributed by atoms with van der Waals surface area (Å²) in [4.78, 5) is 51.7. The number of hydrogen-bond acceptors (Lipinski definition) is 5. The van der Waals surface area contributed by atoms with Gasteiger partial charge in [-0.2, -0.15) is 5.10 Å². The number of hydrogen-bond donors (Lipinski definition) is 0. The third kappa shape index (κ3) is 4.30. The van der Waals surface area contributed by atoms with Crippen LogP contribution in [0.1, 0.15) is 49.9 Å². The van der Waals surface area contributed by atoms with Crippen molar-refractivity contribution in [1.29, 1.82) is 0 Å². The largest absolute Gasteiger partial charge is 0.346 e. The van der Waals surface area contributed by atoms with Crippen molar-refractivity contribution in [2.75, 3.05) is 19.6 Å². The number of piperidine rings is 1. The maximum Gasteiger partial charge on any atom is 0.346 e. The van der Waals surface area contributed by atoms with Gasteiger partial charge in [0.25, 0.3) is 0 Å². The number of imide groups is 1. The normalized spacial score (nSPS) is 17.6. The maximum absolute atomic E-state index is 12.8. The van der Waals surface area contributed by atoms with Crippen LogP contribution in [-0.4, -0.2) is 61.5 Å². The van der Waals surface area contributed by atoms with E-state index in [4.69, 9.17) is 0 Å². The number of benzene rings is 1. The molecule has 164 valence electrons. The molecule has 0 spiro atoms. The Bertz CT molecular complexity index is 1020. The molecule has 2 aromatic rings. The van der Waals surface area contributed by atoms with Crippen molar-refractivity contribution in [3.8, 4) is 0 Å². The zero-order valence-electron chi connectivity index (χ0n) is 17.7. The van der Waals surface area contributed by atoms with E-state index >= 15 is 0 Å². The van der Waals surface area contributed by atoms with Crippen molar-refractivity contribution in [3.63, 3.8) is 0 Å². The van der Waals surface area contributed by atoms with E-state index < -0.39 is 0 Å². The molecule has 3 amide bonds. The van der Waals surface area contributed by atoms with Gasteiger partial charge in [0.1, 0.15) is 12.4 Å². The molecule has 2 aliphatic heterocycles. The van der Waals surface area contributed by atoms with Crippen molar-refractivity contribution in [2.45, 2.75) is 51.6 Å². The van der Waals surface area contributed by atoms with E-state index in [-0.39, 0.29) is 48.7 Å². The van der Waals surface area contributed by atoms with Gasteiger partial charge in [-0.1, -0.05) is 30.3 Å². The molecule has 1 aromatic heterocycles. The molecule has 9 nitrogen and oxygen atoms in total. The van der Waals surface area contributed by atoms with Gasteiger partial charge >= 0.3 is 5.69 Å². The number of rotatable bonds is 6. The van der Waals surface area contributed by atoms with E-state index in [0.717, 1.165) is 16.3 Å². The van der Waals surface area contributed by atoms with Crippen LogP contribution in [0.15, 0.2) is 35.1 Å². The van der Waals surface area contributed by atoms with Crippen molar-refractivity contribution in [3.05, 3.63) is 52.2 Å². The van der Waals surface area contributed by atoms with Crippen LogP contribution in [-0.2, 0) is 27.5 Å². The molecule has 0 radical (unpaired) electrons. The van der Waals surface area contributed by atoms with Gasteiger partial charge in [0.15, 0.2) is 0 Å². The zero-order valence-corrected chi connectivity index (χ0v) is 17.7. The summed E-state index contributed by atoms with van der Waals surface area (Å²) < 4.78 is 3.23. The van der Waals surface area contributed by atoms with Crippen molar-refractivity contribution < 1.29 is 14.4 Å². The SMILES string of the molecule is CCn1c(C2CCN(C(=O)CN3C(=O)CCC3=O)CC2)nn(Cc2ccccc2)c1=O. The number of amides is 3. The first kappa shape index (κ1) is 21.0. The third-order valence-electron chi connectivity index (χ3n) is 6.10. The van der Waals surface area contributed by atoms with Gasteiger partial charge in [-0.25, -0.2) is 9.48 Å². The van der Waals surface area contributed by atoms with Gasteiger partial charge in [-0.15, -0.1) is 0 Å². The van der Waals surface area contributed by atoms with Gasteiger partial charge < -0.3 is 4.90 Å². The number of aromatic nitrogens is 3. The second kappa shape index (κ2) is 8.87. The molecular weight excluding hydrogens is 398 g/mol. The summed E-state index contributed by atoms with van der Waals surface area (Å²) in [5, 5.41) is 4.64. The lowest BCUT2D eigenvalue weighted by Gasteiger charge is -2.32. The van der Waals surface area contributed by atoms with Crippen LogP contribution in [0.5, 0.6) is 0 Å². The highest BCUT2D eigenvalue weighted by Crippen LogP contribution is 2.26. The molecule has 0 aliphatic carbocycles. The fourth-order valence-corrected chi connectivity index (χ4v) is 4.34. The van der Waals surface area contributed by atoms with Crippen LogP contribution in [0, 0.1) is 0 Å². The predicted molar refractivity (Wildman–Crippen MR) is 112 cm³/mol. The van der Waals surface area contributed by atoms with Crippen LogP contribution in [0.25, 0.3) is 0 Å². The summed E-state index contributed by atoms with van der Waals surface area (Å²) in [5.74, 6) is 0.0991. The Balaban J connectivity index is 1.42. The molecule has 2 saturated heterocycles. The first-order valence-electron chi connectivity index (χ1n) is 10.8. The molecule has 3 heterocycles. The van der Waals surface area contributed by atoms with Gasteiger partial charge in [-0.05, 0) is 25.3 Å². The second-order valence-corrected chi connectivity index (χ2v) is 8.06. The number of carbonyl (C=O) groups excluding carboxylic acids is 3. The fourth-order valence-electron chi connectivity index (χ4n) is 4.34. The highest BCUT2D eigenvalue weighted by Gasteiger charge is 2.33. The van der Waals surface area contributed by atoms with Crippen molar-refractivity contribution >= 4 is 17.7 Å². The second-order valence-electron chi connectivity index (χ2n) is 8.06. The summed E-state index contributed by atoms with van der Waals surface area (Å²) in [7, 11) is 0. The van der Waals surface area contributed by atoms with E-state index in [2.05, 4.69) is 5.10 Å². The lowest BCUT2D eigenvalue weighted by atomic mass is 9.96. The summed E-state index contributed by atoms with van der Waals surface area (Å²) in [6.07, 6.45) is 1.76. The Kier molecular flexibility index (Phi) is 6.01. The van der Waals surface area contributed by atoms with Crippen LogP contribution in [0.4, 0.5) is 0 Å². The van der Waals surface area contributed by atoms with E-state index in [9.17, 15) is 19.2 Å². The molecule has 1 aromatic carbocycles. The average molecular weight is 425 g/mol. The Morgan fingerprint density at radius 3 is 2.29 bits per heavy atom. The van der Waals surface area contributed by atoms with Crippen LogP contribution in [0.2, 0.25) is 0 Å². The van der Waals surface area contributed by atoms with Gasteiger partial charge in [0, 0.05) is 38.4 Å². The van der Waals surface area contributed by atoms with E-state index in [1.54, 1.807) is 9.47 Å². The Morgan fingerprint density at radius 2 is 1.68 bits per heavy atom. The smallest absolute Gasteiger partial charge is 0.341 e. The molecule has 0 unspecified atom stereocenters.